The van der Waals surface area contributed by atoms with Crippen LogP contribution in [0.25, 0.3) is 0 Å². The normalized spacial score (nSPS) is 24.2. The van der Waals surface area contributed by atoms with E-state index < -0.39 is 35.2 Å². The summed E-state index contributed by atoms with van der Waals surface area (Å²) in [5, 5.41) is 30.1. The molecular formula is C30H31Cl2F2N3O. The van der Waals surface area contributed by atoms with Crippen LogP contribution in [0.5, 0.6) is 0 Å². The summed E-state index contributed by atoms with van der Waals surface area (Å²) in [5.74, 6) is -2.39. The Kier molecular flexibility index (Phi) is 8.46. The van der Waals surface area contributed by atoms with Gasteiger partial charge in [-0.25, -0.2) is 8.78 Å². The first-order valence-corrected chi connectivity index (χ1v) is 13.2. The summed E-state index contributed by atoms with van der Waals surface area (Å²) in [6.07, 6.45) is -0.482. The van der Waals surface area contributed by atoms with Crippen LogP contribution < -0.4 is 10.6 Å². The molecule has 1 aliphatic rings. The van der Waals surface area contributed by atoms with E-state index in [0.29, 0.717) is 22.0 Å². The Hall–Kier alpha value is -2.53. The number of rotatable bonds is 7. The number of hydrogen-bond donors (Lipinski definition) is 3. The standard InChI is InChI=1S/C30H31Cl2F2N3O/c1-29(2,3)15-25-30(17-35,20-8-10-21(31)11-9-20)26(19-5-4-6-22(32)14-19)27(37-25)28(38)36-16-18-7-12-23(33)24(34)13-18/h4-14,25-28,36-38H,15-16H2,1-3H3. The number of hydrogen-bond acceptors (Lipinski definition) is 4. The predicted molar refractivity (Wildman–Crippen MR) is 147 cm³/mol. The van der Waals surface area contributed by atoms with Crippen molar-refractivity contribution in [3.63, 3.8) is 0 Å². The molecule has 5 unspecified atom stereocenters. The molecule has 1 aliphatic heterocycles. The third-order valence-electron chi connectivity index (χ3n) is 7.16. The highest BCUT2D eigenvalue weighted by molar-refractivity contribution is 6.30. The monoisotopic (exact) mass is 557 g/mol. The van der Waals surface area contributed by atoms with E-state index in [1.54, 1.807) is 18.2 Å². The summed E-state index contributed by atoms with van der Waals surface area (Å²) in [6, 6.07) is 19.9. The van der Waals surface area contributed by atoms with Gasteiger partial charge >= 0.3 is 0 Å². The molecule has 0 spiro atoms. The lowest BCUT2D eigenvalue weighted by molar-refractivity contribution is 0.0891. The first kappa shape index (κ1) is 28.5. The Labute approximate surface area is 232 Å². The molecule has 0 radical (unpaired) electrons. The number of nitrogens with one attached hydrogen (secondary N) is 2. The SMILES string of the molecule is CC(C)(C)CC1NC(C(O)NCc2ccc(F)c(F)c2)C(c2cccc(Cl)c2)C1(C#N)c1ccc(Cl)cc1. The topological polar surface area (TPSA) is 68.1 Å². The number of aliphatic hydroxyl groups is 1. The first-order chi connectivity index (χ1) is 17.9. The van der Waals surface area contributed by atoms with Crippen LogP contribution in [0.1, 0.15) is 49.8 Å². The third kappa shape index (κ3) is 5.88. The van der Waals surface area contributed by atoms with Gasteiger partial charge in [0.25, 0.3) is 0 Å². The molecule has 0 bridgehead atoms. The van der Waals surface area contributed by atoms with Crippen LogP contribution >= 0.6 is 23.2 Å². The molecule has 1 fully saturated rings. The molecule has 3 aromatic carbocycles. The second kappa shape index (κ2) is 11.3. The predicted octanol–water partition coefficient (Wildman–Crippen LogP) is 6.70. The summed E-state index contributed by atoms with van der Waals surface area (Å²) in [6.45, 7) is 6.43. The van der Waals surface area contributed by atoms with Gasteiger partial charge in [0.05, 0.1) is 12.1 Å². The number of nitrogens with zero attached hydrogens (tertiary/aromatic N) is 1. The second-order valence-corrected chi connectivity index (χ2v) is 12.0. The third-order valence-corrected chi connectivity index (χ3v) is 7.65. The van der Waals surface area contributed by atoms with Crippen molar-refractivity contribution < 1.29 is 13.9 Å². The van der Waals surface area contributed by atoms with Crippen molar-refractivity contribution in [1.82, 2.24) is 10.6 Å². The molecule has 1 saturated heterocycles. The molecule has 8 heteroatoms. The van der Waals surface area contributed by atoms with Gasteiger partial charge in [-0.15, -0.1) is 0 Å². The molecule has 0 amide bonds. The van der Waals surface area contributed by atoms with E-state index in [2.05, 4.69) is 37.5 Å². The summed E-state index contributed by atoms with van der Waals surface area (Å²) in [4.78, 5) is 0. The van der Waals surface area contributed by atoms with Crippen LogP contribution in [0.2, 0.25) is 10.0 Å². The molecule has 1 heterocycles. The van der Waals surface area contributed by atoms with Crippen LogP contribution in [0.15, 0.2) is 66.7 Å². The highest BCUT2D eigenvalue weighted by Gasteiger charge is 2.59. The van der Waals surface area contributed by atoms with Crippen LogP contribution in [0, 0.1) is 28.4 Å². The van der Waals surface area contributed by atoms with E-state index in [1.165, 1.54) is 6.07 Å². The Morgan fingerprint density at radius 1 is 1.03 bits per heavy atom. The average Bonchev–Trinajstić information content (AvgIpc) is 3.18. The Morgan fingerprint density at radius 3 is 2.34 bits per heavy atom. The summed E-state index contributed by atoms with van der Waals surface area (Å²) in [7, 11) is 0. The Bertz CT molecular complexity index is 1320. The maximum Gasteiger partial charge on any atom is 0.159 e. The molecule has 4 nitrogen and oxygen atoms in total. The minimum Gasteiger partial charge on any atom is -0.377 e. The largest absolute Gasteiger partial charge is 0.377 e. The van der Waals surface area contributed by atoms with Crippen molar-refractivity contribution in [2.45, 2.75) is 63.4 Å². The van der Waals surface area contributed by atoms with E-state index in [9.17, 15) is 19.1 Å². The molecule has 200 valence electrons. The fourth-order valence-corrected chi connectivity index (χ4v) is 5.88. The molecule has 4 rings (SSSR count). The smallest absolute Gasteiger partial charge is 0.159 e. The van der Waals surface area contributed by atoms with E-state index in [-0.39, 0.29) is 18.0 Å². The lowest BCUT2D eigenvalue weighted by atomic mass is 9.63. The van der Waals surface area contributed by atoms with Gasteiger partial charge in [0.1, 0.15) is 11.6 Å². The van der Waals surface area contributed by atoms with Crippen LogP contribution in [0.3, 0.4) is 0 Å². The number of benzene rings is 3. The zero-order chi connectivity index (χ0) is 27.7. The zero-order valence-corrected chi connectivity index (χ0v) is 23.0. The quantitative estimate of drug-likeness (QED) is 0.283. The fraction of sp³-hybridized carbons (Fsp3) is 0.367. The van der Waals surface area contributed by atoms with Gasteiger partial charge in [0, 0.05) is 28.5 Å². The zero-order valence-electron chi connectivity index (χ0n) is 21.5. The highest BCUT2D eigenvalue weighted by Crippen LogP contribution is 2.51. The van der Waals surface area contributed by atoms with Gasteiger partial charge < -0.3 is 10.4 Å². The molecule has 3 aromatic rings. The van der Waals surface area contributed by atoms with Gasteiger partial charge in [0.15, 0.2) is 11.6 Å². The minimum atomic E-state index is -1.13. The van der Waals surface area contributed by atoms with Crippen molar-refractivity contribution in [2.75, 3.05) is 0 Å². The fourth-order valence-electron chi connectivity index (χ4n) is 5.55. The average molecular weight is 559 g/mol. The summed E-state index contributed by atoms with van der Waals surface area (Å²) < 4.78 is 27.2. The maximum absolute atomic E-state index is 13.8. The van der Waals surface area contributed by atoms with Crippen molar-refractivity contribution >= 4 is 23.2 Å². The van der Waals surface area contributed by atoms with E-state index in [0.717, 1.165) is 23.3 Å². The van der Waals surface area contributed by atoms with Gasteiger partial charge in [0.2, 0.25) is 0 Å². The molecule has 3 N–H and O–H groups in total. The van der Waals surface area contributed by atoms with Gasteiger partial charge in [-0.3, -0.25) is 5.32 Å². The van der Waals surface area contributed by atoms with Crippen LogP contribution in [0.4, 0.5) is 8.78 Å². The minimum absolute atomic E-state index is 0.100. The summed E-state index contributed by atoms with van der Waals surface area (Å²) in [5.41, 5.74) is 0.862. The lowest BCUT2D eigenvalue weighted by Gasteiger charge is -2.37. The number of aliphatic hydroxyl groups excluding tert-OH is 1. The van der Waals surface area contributed by atoms with E-state index in [4.69, 9.17) is 23.2 Å². The summed E-state index contributed by atoms with van der Waals surface area (Å²) >= 11 is 12.6. The van der Waals surface area contributed by atoms with E-state index in [1.807, 2.05) is 30.3 Å². The van der Waals surface area contributed by atoms with Gasteiger partial charge in [-0.2, -0.15) is 5.26 Å². The highest BCUT2D eigenvalue weighted by atomic mass is 35.5. The van der Waals surface area contributed by atoms with Crippen LogP contribution in [-0.2, 0) is 12.0 Å². The van der Waals surface area contributed by atoms with Crippen molar-refractivity contribution in [3.8, 4) is 6.07 Å². The molecule has 0 aromatic heterocycles. The molecule has 38 heavy (non-hydrogen) atoms. The number of nitriles is 1. The molecule has 0 saturated carbocycles. The van der Waals surface area contributed by atoms with Gasteiger partial charge in [-0.05, 0) is 64.9 Å². The van der Waals surface area contributed by atoms with Crippen molar-refractivity contribution in [3.05, 3.63) is 105 Å². The Balaban J connectivity index is 1.80. The first-order valence-electron chi connectivity index (χ1n) is 12.5. The van der Waals surface area contributed by atoms with Crippen molar-refractivity contribution in [1.29, 1.82) is 5.26 Å². The van der Waals surface area contributed by atoms with Crippen LogP contribution in [-0.4, -0.2) is 23.4 Å². The maximum atomic E-state index is 13.8. The molecule has 5 atom stereocenters. The van der Waals surface area contributed by atoms with E-state index >= 15 is 0 Å². The molecular weight excluding hydrogens is 527 g/mol. The molecule has 0 aliphatic carbocycles. The second-order valence-electron chi connectivity index (χ2n) is 11.1. The lowest BCUT2D eigenvalue weighted by Crippen LogP contribution is -2.48. The Morgan fingerprint density at radius 2 is 1.74 bits per heavy atom. The van der Waals surface area contributed by atoms with Crippen molar-refractivity contribution in [2.24, 2.45) is 5.41 Å². The van der Waals surface area contributed by atoms with Gasteiger partial charge in [-0.1, -0.05) is 74.3 Å². The number of halogens is 4.